The molecule has 2 rings (SSSR count). The van der Waals surface area contributed by atoms with Crippen LogP contribution in [-0.4, -0.2) is 16.7 Å². The van der Waals surface area contributed by atoms with Crippen molar-refractivity contribution >= 4 is 40.6 Å². The van der Waals surface area contributed by atoms with Crippen LogP contribution >= 0.6 is 23.2 Å². The molecule has 2 N–H and O–H groups in total. The molecule has 6 heteroatoms. The summed E-state index contributed by atoms with van der Waals surface area (Å²) in [5.41, 5.74) is 1.14. The van der Waals surface area contributed by atoms with Crippen LogP contribution in [0.15, 0.2) is 30.5 Å². The number of nitrogens with one attached hydrogen (secondary N) is 2. The van der Waals surface area contributed by atoms with Gasteiger partial charge in [0.1, 0.15) is 5.69 Å². The summed E-state index contributed by atoms with van der Waals surface area (Å²) in [6, 6.07) is 6.25. The van der Waals surface area contributed by atoms with Crippen LogP contribution in [0.5, 0.6) is 0 Å². The van der Waals surface area contributed by atoms with Gasteiger partial charge in [0.05, 0.1) is 10.7 Å². The standard InChI is InChI=1S/C13H10Cl2N2O2/c1-7(18)8-4-12(16-6-8)13(19)17-11-5-9(14)2-3-10(11)15/h2-6,16H,1H3,(H,17,19). The highest BCUT2D eigenvalue weighted by Gasteiger charge is 2.12. The first-order valence-electron chi connectivity index (χ1n) is 5.43. The number of anilines is 1. The zero-order chi connectivity index (χ0) is 14.0. The van der Waals surface area contributed by atoms with E-state index >= 15 is 0 Å². The van der Waals surface area contributed by atoms with Gasteiger partial charge in [0.25, 0.3) is 5.91 Å². The lowest BCUT2D eigenvalue weighted by atomic mass is 10.2. The third-order valence-electron chi connectivity index (χ3n) is 2.51. The molecule has 19 heavy (non-hydrogen) atoms. The molecular formula is C13H10Cl2N2O2. The summed E-state index contributed by atoms with van der Waals surface area (Å²) in [6.07, 6.45) is 1.48. The van der Waals surface area contributed by atoms with Gasteiger partial charge in [0, 0.05) is 16.8 Å². The van der Waals surface area contributed by atoms with E-state index < -0.39 is 5.91 Å². The van der Waals surface area contributed by atoms with Gasteiger partial charge in [-0.3, -0.25) is 9.59 Å². The number of carbonyl (C=O) groups is 2. The zero-order valence-corrected chi connectivity index (χ0v) is 11.5. The Balaban J connectivity index is 2.20. The van der Waals surface area contributed by atoms with Crippen LogP contribution < -0.4 is 5.32 Å². The average molecular weight is 297 g/mol. The molecule has 98 valence electrons. The van der Waals surface area contributed by atoms with E-state index in [1.165, 1.54) is 19.2 Å². The summed E-state index contributed by atoms with van der Waals surface area (Å²) in [7, 11) is 0. The summed E-state index contributed by atoms with van der Waals surface area (Å²) in [6.45, 7) is 1.43. The predicted octanol–water partition coefficient (Wildman–Crippen LogP) is 3.78. The molecule has 0 bridgehead atoms. The predicted molar refractivity (Wildman–Crippen MR) is 75.2 cm³/mol. The minimum absolute atomic E-state index is 0.115. The van der Waals surface area contributed by atoms with Crippen molar-refractivity contribution in [3.8, 4) is 0 Å². The maximum Gasteiger partial charge on any atom is 0.272 e. The van der Waals surface area contributed by atoms with Crippen LogP contribution in [0.3, 0.4) is 0 Å². The summed E-state index contributed by atoms with van der Waals surface area (Å²) in [4.78, 5) is 25.8. The van der Waals surface area contributed by atoms with E-state index in [1.807, 2.05) is 0 Å². The van der Waals surface area contributed by atoms with Crippen molar-refractivity contribution in [2.75, 3.05) is 5.32 Å². The van der Waals surface area contributed by atoms with Crippen molar-refractivity contribution < 1.29 is 9.59 Å². The first-order valence-corrected chi connectivity index (χ1v) is 6.18. The maximum absolute atomic E-state index is 12.0. The number of halogens is 2. The fraction of sp³-hybridized carbons (Fsp3) is 0.0769. The number of hydrogen-bond donors (Lipinski definition) is 2. The summed E-state index contributed by atoms with van der Waals surface area (Å²) >= 11 is 11.8. The van der Waals surface area contributed by atoms with Gasteiger partial charge in [0.15, 0.2) is 5.78 Å². The molecule has 0 radical (unpaired) electrons. The minimum atomic E-state index is -0.392. The lowest BCUT2D eigenvalue weighted by molar-refractivity contribution is 0.101. The van der Waals surface area contributed by atoms with Crippen molar-refractivity contribution in [2.45, 2.75) is 6.92 Å². The third kappa shape index (κ3) is 3.16. The number of hydrogen-bond acceptors (Lipinski definition) is 2. The third-order valence-corrected chi connectivity index (χ3v) is 3.08. The van der Waals surface area contributed by atoms with Crippen LogP contribution in [0.25, 0.3) is 0 Å². The van der Waals surface area contributed by atoms with Crippen LogP contribution in [-0.2, 0) is 0 Å². The first-order chi connectivity index (χ1) is 8.97. The Morgan fingerprint density at radius 1 is 1.21 bits per heavy atom. The molecule has 1 amide bonds. The van der Waals surface area contributed by atoms with Gasteiger partial charge in [-0.05, 0) is 31.2 Å². The zero-order valence-electron chi connectivity index (χ0n) is 9.96. The smallest absolute Gasteiger partial charge is 0.272 e. The summed E-state index contributed by atoms with van der Waals surface area (Å²) in [5.74, 6) is -0.507. The second kappa shape index (κ2) is 5.47. The maximum atomic E-state index is 12.0. The van der Waals surface area contributed by atoms with Gasteiger partial charge >= 0.3 is 0 Å². The Morgan fingerprint density at radius 3 is 2.58 bits per heavy atom. The fourth-order valence-electron chi connectivity index (χ4n) is 1.51. The number of Topliss-reactive ketones (excluding diaryl/α,β-unsaturated/α-hetero) is 1. The quantitative estimate of drug-likeness (QED) is 0.847. The summed E-state index contributed by atoms with van der Waals surface area (Å²) < 4.78 is 0. The molecule has 1 aromatic carbocycles. The monoisotopic (exact) mass is 296 g/mol. The second-order valence-corrected chi connectivity index (χ2v) is 4.78. The normalized spacial score (nSPS) is 10.3. The van der Waals surface area contributed by atoms with Crippen LogP contribution in [0.1, 0.15) is 27.8 Å². The van der Waals surface area contributed by atoms with Gasteiger partial charge < -0.3 is 10.3 Å². The van der Waals surface area contributed by atoms with Gasteiger partial charge in [-0.25, -0.2) is 0 Å². The molecule has 4 nitrogen and oxygen atoms in total. The Hall–Kier alpha value is -1.78. The molecule has 0 aliphatic rings. The van der Waals surface area contributed by atoms with Gasteiger partial charge in [-0.2, -0.15) is 0 Å². The number of carbonyl (C=O) groups excluding carboxylic acids is 2. The molecule has 0 aliphatic heterocycles. The highest BCUT2D eigenvalue weighted by atomic mass is 35.5. The second-order valence-electron chi connectivity index (χ2n) is 3.94. The topological polar surface area (TPSA) is 62.0 Å². The molecule has 1 aromatic heterocycles. The van der Waals surface area contributed by atoms with Crippen molar-refractivity contribution in [3.63, 3.8) is 0 Å². The van der Waals surface area contributed by atoms with E-state index in [4.69, 9.17) is 23.2 Å². The van der Waals surface area contributed by atoms with Crippen molar-refractivity contribution in [3.05, 3.63) is 51.8 Å². The van der Waals surface area contributed by atoms with Crippen LogP contribution in [0, 0.1) is 0 Å². The van der Waals surface area contributed by atoms with Crippen molar-refractivity contribution in [1.82, 2.24) is 4.98 Å². The van der Waals surface area contributed by atoms with Crippen LogP contribution in [0.2, 0.25) is 10.0 Å². The number of benzene rings is 1. The Morgan fingerprint density at radius 2 is 1.95 bits per heavy atom. The number of aromatic nitrogens is 1. The van der Waals surface area contributed by atoms with E-state index in [-0.39, 0.29) is 11.5 Å². The molecule has 0 fully saturated rings. The first kappa shape index (κ1) is 13.6. The average Bonchev–Trinajstić information content (AvgIpc) is 2.83. The molecule has 0 atom stereocenters. The largest absolute Gasteiger partial charge is 0.356 e. The van der Waals surface area contributed by atoms with Gasteiger partial charge in [-0.15, -0.1) is 0 Å². The number of ketones is 1. The van der Waals surface area contributed by atoms with Crippen molar-refractivity contribution in [1.29, 1.82) is 0 Å². The van der Waals surface area contributed by atoms with Crippen molar-refractivity contribution in [2.24, 2.45) is 0 Å². The molecule has 2 aromatic rings. The Labute approximate surface area is 119 Å². The Bertz CT molecular complexity index is 650. The molecule has 0 unspecified atom stereocenters. The lowest BCUT2D eigenvalue weighted by Crippen LogP contribution is -2.12. The van der Waals surface area contributed by atoms with E-state index in [0.29, 0.717) is 21.3 Å². The van der Waals surface area contributed by atoms with E-state index in [0.717, 1.165) is 0 Å². The fourth-order valence-corrected chi connectivity index (χ4v) is 1.85. The highest BCUT2D eigenvalue weighted by Crippen LogP contribution is 2.25. The molecule has 0 spiro atoms. The number of rotatable bonds is 3. The molecule has 0 aliphatic carbocycles. The molecular weight excluding hydrogens is 287 g/mol. The van der Waals surface area contributed by atoms with Crippen LogP contribution in [0.4, 0.5) is 5.69 Å². The molecule has 0 saturated heterocycles. The molecule has 0 saturated carbocycles. The number of aromatic amines is 1. The van der Waals surface area contributed by atoms with Gasteiger partial charge in [0.2, 0.25) is 0 Å². The van der Waals surface area contributed by atoms with E-state index in [2.05, 4.69) is 10.3 Å². The van der Waals surface area contributed by atoms with Gasteiger partial charge in [-0.1, -0.05) is 23.2 Å². The number of H-pyrrole nitrogens is 1. The minimum Gasteiger partial charge on any atom is -0.356 e. The van der Waals surface area contributed by atoms with E-state index in [9.17, 15) is 9.59 Å². The molecule has 1 heterocycles. The Kier molecular flexibility index (Phi) is 3.93. The SMILES string of the molecule is CC(=O)c1c[nH]c(C(=O)Nc2cc(Cl)ccc2Cl)c1. The van der Waals surface area contributed by atoms with E-state index in [1.54, 1.807) is 18.2 Å². The summed E-state index contributed by atoms with van der Waals surface area (Å²) in [5, 5.41) is 3.48. The lowest BCUT2D eigenvalue weighted by Gasteiger charge is -2.06. The number of amides is 1. The highest BCUT2D eigenvalue weighted by molar-refractivity contribution is 6.35.